The molecule has 0 fully saturated rings. The van der Waals surface area contributed by atoms with Gasteiger partial charge in [-0.05, 0) is 106 Å². The fraction of sp³-hybridized carbons (Fsp3) is 0.625. The number of halogens is 2. The van der Waals surface area contributed by atoms with E-state index in [2.05, 4.69) is 85.0 Å². The van der Waals surface area contributed by atoms with Crippen LogP contribution in [0.4, 0.5) is 0 Å². The number of benzene rings is 1. The summed E-state index contributed by atoms with van der Waals surface area (Å²) in [7, 11) is 0. The van der Waals surface area contributed by atoms with Crippen LogP contribution in [0.2, 0.25) is 0 Å². The molecule has 0 spiro atoms. The number of hydrogen-bond acceptors (Lipinski definition) is 0. The van der Waals surface area contributed by atoms with Crippen molar-refractivity contribution in [2.24, 2.45) is 0 Å². The fourth-order valence-electron chi connectivity index (χ4n) is 2.66. The predicted molar refractivity (Wildman–Crippen MR) is 98.5 cm³/mol. The molecule has 18 heavy (non-hydrogen) atoms. The lowest BCUT2D eigenvalue weighted by atomic mass is 9.89. The standard InChI is InChI=1S/C16H24I2/c1-5-11(6-2)13-9-16(18)14(10-15(13)17)12(7-3)8-4/h9-12H,5-8H2,1-4H3. The zero-order chi connectivity index (χ0) is 13.7. The van der Waals surface area contributed by atoms with Crippen molar-refractivity contribution in [1.82, 2.24) is 0 Å². The minimum absolute atomic E-state index is 0.723. The normalized spacial score (nSPS) is 11.6. The van der Waals surface area contributed by atoms with Crippen molar-refractivity contribution in [3.05, 3.63) is 30.4 Å². The molecule has 0 aromatic heterocycles. The summed E-state index contributed by atoms with van der Waals surface area (Å²) in [5.74, 6) is 1.45. The van der Waals surface area contributed by atoms with E-state index < -0.39 is 0 Å². The number of hydrogen-bond donors (Lipinski definition) is 0. The van der Waals surface area contributed by atoms with Gasteiger partial charge in [0.1, 0.15) is 0 Å². The lowest BCUT2D eigenvalue weighted by Gasteiger charge is -2.20. The molecule has 0 aliphatic heterocycles. The van der Waals surface area contributed by atoms with Gasteiger partial charge in [-0.15, -0.1) is 0 Å². The minimum Gasteiger partial charge on any atom is -0.0648 e. The van der Waals surface area contributed by atoms with Gasteiger partial charge < -0.3 is 0 Å². The van der Waals surface area contributed by atoms with Crippen molar-refractivity contribution in [2.45, 2.75) is 65.2 Å². The second-order valence-corrected chi connectivity index (χ2v) is 7.25. The van der Waals surface area contributed by atoms with Crippen LogP contribution in [0, 0.1) is 7.14 Å². The van der Waals surface area contributed by atoms with Gasteiger partial charge in [-0.1, -0.05) is 27.7 Å². The molecule has 0 bridgehead atoms. The second kappa shape index (κ2) is 8.08. The van der Waals surface area contributed by atoms with Crippen LogP contribution in [0.1, 0.15) is 76.3 Å². The maximum Gasteiger partial charge on any atom is 0.0168 e. The molecule has 0 saturated carbocycles. The van der Waals surface area contributed by atoms with Crippen molar-refractivity contribution < 1.29 is 0 Å². The highest BCUT2D eigenvalue weighted by Gasteiger charge is 2.17. The van der Waals surface area contributed by atoms with Gasteiger partial charge in [0, 0.05) is 7.14 Å². The van der Waals surface area contributed by atoms with Gasteiger partial charge in [-0.25, -0.2) is 0 Å². The van der Waals surface area contributed by atoms with Crippen LogP contribution in [-0.2, 0) is 0 Å². The summed E-state index contributed by atoms with van der Waals surface area (Å²) >= 11 is 5.05. The fourth-order valence-corrected chi connectivity index (χ4v) is 4.52. The Kier molecular flexibility index (Phi) is 7.51. The summed E-state index contributed by atoms with van der Waals surface area (Å²) in [6.07, 6.45) is 4.97. The van der Waals surface area contributed by atoms with Gasteiger partial charge in [0.2, 0.25) is 0 Å². The van der Waals surface area contributed by atoms with Crippen LogP contribution in [0.5, 0.6) is 0 Å². The van der Waals surface area contributed by atoms with Gasteiger partial charge in [-0.3, -0.25) is 0 Å². The van der Waals surface area contributed by atoms with E-state index in [1.165, 1.54) is 32.8 Å². The summed E-state index contributed by atoms with van der Waals surface area (Å²) < 4.78 is 2.92. The first-order valence-corrected chi connectivity index (χ1v) is 9.23. The SMILES string of the molecule is CCC(CC)c1cc(I)c(C(CC)CC)cc1I. The Morgan fingerprint density at radius 3 is 1.22 bits per heavy atom. The van der Waals surface area contributed by atoms with Crippen molar-refractivity contribution in [3.8, 4) is 0 Å². The third kappa shape index (κ3) is 3.84. The van der Waals surface area contributed by atoms with E-state index >= 15 is 0 Å². The van der Waals surface area contributed by atoms with Crippen LogP contribution in [0.25, 0.3) is 0 Å². The Labute approximate surface area is 140 Å². The maximum atomic E-state index is 2.53. The summed E-state index contributed by atoms with van der Waals surface area (Å²) in [6.45, 7) is 9.19. The van der Waals surface area contributed by atoms with E-state index in [-0.39, 0.29) is 0 Å². The monoisotopic (exact) mass is 470 g/mol. The summed E-state index contributed by atoms with van der Waals surface area (Å²) in [6, 6.07) is 4.88. The largest absolute Gasteiger partial charge is 0.0648 e. The minimum atomic E-state index is 0.723. The van der Waals surface area contributed by atoms with Gasteiger partial charge in [0.15, 0.2) is 0 Å². The first kappa shape index (κ1) is 16.7. The zero-order valence-corrected chi connectivity index (χ0v) is 16.2. The molecule has 2 heteroatoms. The molecule has 0 N–H and O–H groups in total. The average Bonchev–Trinajstić information content (AvgIpc) is 2.37. The van der Waals surface area contributed by atoms with E-state index in [0.717, 1.165) is 11.8 Å². The van der Waals surface area contributed by atoms with Crippen LogP contribution < -0.4 is 0 Å². The lowest BCUT2D eigenvalue weighted by Crippen LogP contribution is -2.05. The van der Waals surface area contributed by atoms with Crippen LogP contribution in [0.15, 0.2) is 12.1 Å². The lowest BCUT2D eigenvalue weighted by molar-refractivity contribution is 0.625. The Hall–Kier alpha value is 0.680. The van der Waals surface area contributed by atoms with Gasteiger partial charge in [-0.2, -0.15) is 0 Å². The van der Waals surface area contributed by atoms with Crippen LogP contribution in [-0.4, -0.2) is 0 Å². The Balaban J connectivity index is 3.18. The molecule has 0 saturated heterocycles. The highest BCUT2D eigenvalue weighted by Crippen LogP contribution is 2.34. The third-order valence-electron chi connectivity index (χ3n) is 3.97. The van der Waals surface area contributed by atoms with E-state index in [1.54, 1.807) is 11.1 Å². The van der Waals surface area contributed by atoms with Crippen molar-refractivity contribution in [3.63, 3.8) is 0 Å². The number of rotatable bonds is 6. The van der Waals surface area contributed by atoms with Crippen molar-refractivity contribution in [2.75, 3.05) is 0 Å². The molecule has 0 amide bonds. The highest BCUT2D eigenvalue weighted by atomic mass is 127. The van der Waals surface area contributed by atoms with Gasteiger partial charge >= 0.3 is 0 Å². The quantitative estimate of drug-likeness (QED) is 0.406. The maximum absolute atomic E-state index is 2.53. The molecule has 0 heterocycles. The zero-order valence-electron chi connectivity index (χ0n) is 11.9. The molecule has 1 aromatic rings. The average molecular weight is 470 g/mol. The molecule has 102 valence electrons. The summed E-state index contributed by atoms with van der Waals surface area (Å²) in [5.41, 5.74) is 3.11. The van der Waals surface area contributed by atoms with Crippen LogP contribution in [0.3, 0.4) is 0 Å². The molecule has 0 nitrogen and oxygen atoms in total. The molecule has 0 radical (unpaired) electrons. The third-order valence-corrected chi connectivity index (χ3v) is 5.84. The van der Waals surface area contributed by atoms with Crippen LogP contribution >= 0.6 is 45.2 Å². The van der Waals surface area contributed by atoms with E-state index in [0.29, 0.717) is 0 Å². The van der Waals surface area contributed by atoms with E-state index in [1.807, 2.05) is 0 Å². The molecule has 0 unspecified atom stereocenters. The Morgan fingerprint density at radius 1 is 0.722 bits per heavy atom. The second-order valence-electron chi connectivity index (χ2n) is 4.92. The van der Waals surface area contributed by atoms with Crippen molar-refractivity contribution in [1.29, 1.82) is 0 Å². The molecule has 1 rings (SSSR count). The Bertz CT molecular complexity index is 339. The first-order valence-electron chi connectivity index (χ1n) is 7.07. The van der Waals surface area contributed by atoms with E-state index in [4.69, 9.17) is 0 Å². The molecule has 0 aliphatic carbocycles. The van der Waals surface area contributed by atoms with Crippen molar-refractivity contribution >= 4 is 45.2 Å². The molecular weight excluding hydrogens is 446 g/mol. The molecule has 0 atom stereocenters. The molecule has 0 aliphatic rings. The molecule has 1 aromatic carbocycles. The predicted octanol–water partition coefficient (Wildman–Crippen LogP) is 6.70. The van der Waals surface area contributed by atoms with E-state index in [9.17, 15) is 0 Å². The van der Waals surface area contributed by atoms with Gasteiger partial charge in [0.25, 0.3) is 0 Å². The summed E-state index contributed by atoms with van der Waals surface area (Å²) in [4.78, 5) is 0. The Morgan fingerprint density at radius 2 is 1.00 bits per heavy atom. The topological polar surface area (TPSA) is 0 Å². The molecular formula is C16H24I2. The summed E-state index contributed by atoms with van der Waals surface area (Å²) in [5, 5.41) is 0. The smallest absolute Gasteiger partial charge is 0.0168 e. The van der Waals surface area contributed by atoms with Gasteiger partial charge in [0.05, 0.1) is 0 Å². The first-order chi connectivity index (χ1) is 8.58. The highest BCUT2D eigenvalue weighted by molar-refractivity contribution is 14.1.